The maximum absolute atomic E-state index is 11.2. The number of hydrogen-bond acceptors (Lipinski definition) is 3. The van der Waals surface area contributed by atoms with E-state index in [2.05, 4.69) is 0 Å². The number of phenols is 1. The van der Waals surface area contributed by atoms with E-state index in [-0.39, 0.29) is 11.8 Å². The summed E-state index contributed by atoms with van der Waals surface area (Å²) in [5.74, 6) is 0.196. The maximum Gasteiger partial charge on any atom is 0.414 e. The molecule has 0 bridgehead atoms. The van der Waals surface area contributed by atoms with Crippen LogP contribution in [0.5, 0.6) is 5.75 Å². The number of benzene rings is 1. The van der Waals surface area contributed by atoms with E-state index in [1.54, 1.807) is 26.0 Å². The number of carbonyl (C=O) groups excluding carboxylic acids is 1. The zero-order valence-corrected chi connectivity index (χ0v) is 7.86. The lowest BCUT2D eigenvalue weighted by Crippen LogP contribution is -2.23. The molecule has 0 unspecified atom stereocenters. The van der Waals surface area contributed by atoms with Gasteiger partial charge in [0.05, 0.1) is 12.2 Å². The second-order valence-corrected chi connectivity index (χ2v) is 3.24. The van der Waals surface area contributed by atoms with E-state index in [1.165, 1.54) is 4.90 Å². The Labute approximate surface area is 82.5 Å². The van der Waals surface area contributed by atoms with E-state index in [0.717, 1.165) is 5.46 Å². The van der Waals surface area contributed by atoms with Gasteiger partial charge >= 0.3 is 6.09 Å². The van der Waals surface area contributed by atoms with Gasteiger partial charge in [-0.05, 0) is 11.5 Å². The zero-order valence-electron chi connectivity index (χ0n) is 7.86. The third kappa shape index (κ3) is 1.41. The van der Waals surface area contributed by atoms with Gasteiger partial charge in [-0.3, -0.25) is 4.90 Å². The molecular formula is C9H10BNO3. The molecule has 1 aliphatic heterocycles. The van der Waals surface area contributed by atoms with Crippen molar-refractivity contribution in [2.24, 2.45) is 0 Å². The smallest absolute Gasteiger partial charge is 0.414 e. The molecular weight excluding hydrogens is 181 g/mol. The van der Waals surface area contributed by atoms with E-state index >= 15 is 0 Å². The summed E-state index contributed by atoms with van der Waals surface area (Å²) < 4.78 is 4.80. The molecule has 72 valence electrons. The van der Waals surface area contributed by atoms with Gasteiger partial charge in [0.1, 0.15) is 20.2 Å². The Bertz CT molecular complexity index is 380. The molecule has 1 aromatic carbocycles. The van der Waals surface area contributed by atoms with Gasteiger partial charge in [-0.1, -0.05) is 6.07 Å². The Hall–Kier alpha value is -1.65. The third-order valence-electron chi connectivity index (χ3n) is 2.27. The van der Waals surface area contributed by atoms with Crippen LogP contribution >= 0.6 is 0 Å². The highest BCUT2D eigenvalue weighted by molar-refractivity contribution is 6.34. The first kappa shape index (κ1) is 8.93. The van der Waals surface area contributed by atoms with Crippen LogP contribution in [0.1, 0.15) is 0 Å². The Balaban J connectivity index is 2.32. The van der Waals surface area contributed by atoms with Gasteiger partial charge in [0.2, 0.25) is 0 Å². The normalized spacial score (nSPS) is 15.7. The van der Waals surface area contributed by atoms with E-state index in [4.69, 9.17) is 4.74 Å². The predicted molar refractivity (Wildman–Crippen MR) is 55.0 cm³/mol. The average Bonchev–Trinajstić information content (AvgIpc) is 2.57. The first-order chi connectivity index (χ1) is 6.68. The number of amides is 1. The summed E-state index contributed by atoms with van der Waals surface area (Å²) in [7, 11) is 1.81. The highest BCUT2D eigenvalue weighted by Gasteiger charge is 2.23. The van der Waals surface area contributed by atoms with E-state index in [9.17, 15) is 9.90 Å². The number of phenolic OH excluding ortho intramolecular Hbond substituents is 1. The van der Waals surface area contributed by atoms with Crippen LogP contribution in [0.15, 0.2) is 18.2 Å². The monoisotopic (exact) mass is 191 g/mol. The maximum atomic E-state index is 11.2. The van der Waals surface area contributed by atoms with Crippen molar-refractivity contribution in [2.75, 3.05) is 18.1 Å². The van der Waals surface area contributed by atoms with Crippen molar-refractivity contribution in [3.63, 3.8) is 0 Å². The van der Waals surface area contributed by atoms with E-state index in [0.29, 0.717) is 18.8 Å². The first-order valence-electron chi connectivity index (χ1n) is 4.42. The van der Waals surface area contributed by atoms with Crippen LogP contribution in [0.25, 0.3) is 0 Å². The predicted octanol–water partition coefficient (Wildman–Crippen LogP) is -0.393. The minimum atomic E-state index is -0.353. The molecule has 0 atom stereocenters. The number of carbonyl (C=O) groups is 1. The summed E-state index contributed by atoms with van der Waals surface area (Å²) in [5.41, 5.74) is 1.47. The summed E-state index contributed by atoms with van der Waals surface area (Å²) in [4.78, 5) is 12.7. The molecule has 1 fully saturated rings. The van der Waals surface area contributed by atoms with Crippen LogP contribution in [0.2, 0.25) is 0 Å². The van der Waals surface area contributed by atoms with Gasteiger partial charge in [0.25, 0.3) is 0 Å². The Morgan fingerprint density at radius 1 is 1.50 bits per heavy atom. The molecule has 1 aliphatic rings. The number of cyclic esters (lactones) is 1. The van der Waals surface area contributed by atoms with Crippen LogP contribution in [0.4, 0.5) is 10.5 Å². The molecule has 0 aliphatic carbocycles. The van der Waals surface area contributed by atoms with Gasteiger partial charge in [-0.15, -0.1) is 0 Å². The van der Waals surface area contributed by atoms with E-state index < -0.39 is 0 Å². The van der Waals surface area contributed by atoms with Crippen molar-refractivity contribution in [1.82, 2.24) is 0 Å². The molecule has 5 heteroatoms. The summed E-state index contributed by atoms with van der Waals surface area (Å²) in [5, 5.41) is 9.47. The van der Waals surface area contributed by atoms with Crippen molar-refractivity contribution in [2.45, 2.75) is 0 Å². The molecule has 14 heavy (non-hydrogen) atoms. The van der Waals surface area contributed by atoms with Gasteiger partial charge in [-0.25, -0.2) is 4.79 Å². The Kier molecular flexibility index (Phi) is 2.07. The lowest BCUT2D eigenvalue weighted by Gasteiger charge is -2.13. The summed E-state index contributed by atoms with van der Waals surface area (Å²) >= 11 is 0. The molecule has 1 heterocycles. The number of aromatic hydroxyl groups is 1. The summed E-state index contributed by atoms with van der Waals surface area (Å²) in [6.07, 6.45) is -0.353. The molecule has 0 aromatic heterocycles. The van der Waals surface area contributed by atoms with Gasteiger partial charge in [-0.2, -0.15) is 0 Å². The number of rotatable bonds is 1. The quantitative estimate of drug-likeness (QED) is 0.614. The fraction of sp³-hybridized carbons (Fsp3) is 0.222. The van der Waals surface area contributed by atoms with Crippen LogP contribution in [-0.2, 0) is 4.74 Å². The molecule has 1 aromatic rings. The molecule has 0 saturated carbocycles. The fourth-order valence-electron chi connectivity index (χ4n) is 1.39. The van der Waals surface area contributed by atoms with E-state index in [1.807, 2.05) is 0 Å². The first-order valence-corrected chi connectivity index (χ1v) is 4.42. The van der Waals surface area contributed by atoms with Crippen LogP contribution in [0.3, 0.4) is 0 Å². The molecule has 1 saturated heterocycles. The fourth-order valence-corrected chi connectivity index (χ4v) is 1.39. The second kappa shape index (κ2) is 3.25. The molecule has 2 rings (SSSR count). The molecule has 0 radical (unpaired) electrons. The Morgan fingerprint density at radius 3 is 2.86 bits per heavy atom. The van der Waals surface area contributed by atoms with Crippen LogP contribution in [0, 0.1) is 0 Å². The standard InChI is InChI=1S/C9H10BNO3/c10-7-2-1-6(5-8(7)12)11-3-4-14-9(11)13/h1-2,5,12H,3-4,10H2. The average molecular weight is 191 g/mol. The molecule has 0 spiro atoms. The molecule has 1 N–H and O–H groups in total. The van der Waals surface area contributed by atoms with Crippen molar-refractivity contribution < 1.29 is 14.6 Å². The highest BCUT2D eigenvalue weighted by Crippen LogP contribution is 2.21. The SMILES string of the molecule is Bc1ccc(N2CCOC2=O)cc1O. The zero-order chi connectivity index (χ0) is 10.1. The highest BCUT2D eigenvalue weighted by atomic mass is 16.6. The van der Waals surface area contributed by atoms with Crippen molar-refractivity contribution in [3.8, 4) is 5.75 Å². The lowest BCUT2D eigenvalue weighted by atomic mass is 9.95. The van der Waals surface area contributed by atoms with Gasteiger partial charge in [0.15, 0.2) is 0 Å². The van der Waals surface area contributed by atoms with Gasteiger partial charge in [0, 0.05) is 6.07 Å². The summed E-state index contributed by atoms with van der Waals surface area (Å²) in [6, 6.07) is 5.14. The number of ether oxygens (including phenoxy) is 1. The molecule has 1 amide bonds. The van der Waals surface area contributed by atoms with Crippen molar-refractivity contribution in [1.29, 1.82) is 0 Å². The number of nitrogens with zero attached hydrogens (tertiary/aromatic N) is 1. The van der Waals surface area contributed by atoms with Crippen molar-refractivity contribution >= 4 is 25.1 Å². The van der Waals surface area contributed by atoms with Crippen LogP contribution < -0.4 is 10.4 Å². The van der Waals surface area contributed by atoms with Crippen molar-refractivity contribution in [3.05, 3.63) is 18.2 Å². The number of anilines is 1. The third-order valence-corrected chi connectivity index (χ3v) is 2.27. The molecule has 4 nitrogen and oxygen atoms in total. The topological polar surface area (TPSA) is 49.8 Å². The summed E-state index contributed by atoms with van der Waals surface area (Å²) in [6.45, 7) is 0.953. The minimum absolute atomic E-state index is 0.196. The van der Waals surface area contributed by atoms with Gasteiger partial charge < -0.3 is 9.84 Å². The minimum Gasteiger partial charge on any atom is -0.508 e. The lowest BCUT2D eigenvalue weighted by molar-refractivity contribution is 0.181. The largest absolute Gasteiger partial charge is 0.508 e. The van der Waals surface area contributed by atoms with Crippen LogP contribution in [-0.4, -0.2) is 32.2 Å². The second-order valence-electron chi connectivity index (χ2n) is 3.24. The Morgan fingerprint density at radius 2 is 2.29 bits per heavy atom. The number of hydrogen-bond donors (Lipinski definition) is 1.